The van der Waals surface area contributed by atoms with E-state index in [2.05, 4.69) is 9.97 Å². The molecule has 0 amide bonds. The van der Waals surface area contributed by atoms with Gasteiger partial charge in [0.15, 0.2) is 5.75 Å². The number of ether oxygens (including phenoxy) is 1. The van der Waals surface area contributed by atoms with Gasteiger partial charge < -0.3 is 9.84 Å². The molecular weight excluding hydrogens is 285 g/mol. The summed E-state index contributed by atoms with van der Waals surface area (Å²) in [6.07, 6.45) is 2.19. The molecule has 0 fully saturated rings. The molecule has 8 nitrogen and oxygen atoms in total. The average Bonchev–Trinajstić information content (AvgIpc) is 2.45. The largest absolute Gasteiger partial charge is 0.480 e. The standard InChI is InChI=1S/C12H8FN3O5/c13-7-1-2-10(16(19)20)11(3-7)21-5-9-8(12(17)18)4-14-6-15-9/h1-4,6H,5H2,(H,17,18). The highest BCUT2D eigenvalue weighted by atomic mass is 19.1. The minimum Gasteiger partial charge on any atom is -0.480 e. The Balaban J connectivity index is 2.27. The summed E-state index contributed by atoms with van der Waals surface area (Å²) in [5, 5.41) is 19.7. The summed E-state index contributed by atoms with van der Waals surface area (Å²) in [6, 6.07) is 2.74. The Hall–Kier alpha value is -3.10. The molecule has 2 aromatic rings. The zero-order valence-electron chi connectivity index (χ0n) is 10.4. The van der Waals surface area contributed by atoms with Gasteiger partial charge in [-0.05, 0) is 6.07 Å². The van der Waals surface area contributed by atoms with Gasteiger partial charge in [0, 0.05) is 18.3 Å². The van der Waals surface area contributed by atoms with Crippen molar-refractivity contribution in [3.63, 3.8) is 0 Å². The minimum atomic E-state index is -1.26. The van der Waals surface area contributed by atoms with Gasteiger partial charge in [0.2, 0.25) is 0 Å². The fourth-order valence-electron chi connectivity index (χ4n) is 1.55. The van der Waals surface area contributed by atoms with Crippen LogP contribution in [0.3, 0.4) is 0 Å². The molecule has 9 heteroatoms. The van der Waals surface area contributed by atoms with Gasteiger partial charge in [0.25, 0.3) is 0 Å². The average molecular weight is 293 g/mol. The molecule has 0 aliphatic carbocycles. The topological polar surface area (TPSA) is 115 Å². The van der Waals surface area contributed by atoms with Crippen LogP contribution in [0.2, 0.25) is 0 Å². The number of aromatic carboxylic acids is 1. The molecule has 21 heavy (non-hydrogen) atoms. The van der Waals surface area contributed by atoms with Gasteiger partial charge in [-0.15, -0.1) is 0 Å². The molecule has 0 spiro atoms. The van der Waals surface area contributed by atoms with Crippen LogP contribution in [0.25, 0.3) is 0 Å². The van der Waals surface area contributed by atoms with Crippen molar-refractivity contribution in [3.05, 3.63) is 57.9 Å². The summed E-state index contributed by atoms with van der Waals surface area (Å²) in [5.41, 5.74) is -0.602. The number of nitro benzene ring substituents is 1. The number of aromatic nitrogens is 2. The Bertz CT molecular complexity index is 707. The maximum atomic E-state index is 13.1. The Morgan fingerprint density at radius 2 is 2.24 bits per heavy atom. The minimum absolute atomic E-state index is 0.0241. The van der Waals surface area contributed by atoms with Crippen molar-refractivity contribution in [2.45, 2.75) is 6.61 Å². The lowest BCUT2D eigenvalue weighted by Gasteiger charge is -2.08. The van der Waals surface area contributed by atoms with Crippen LogP contribution in [-0.2, 0) is 6.61 Å². The van der Waals surface area contributed by atoms with Crippen LogP contribution in [-0.4, -0.2) is 26.0 Å². The molecule has 108 valence electrons. The van der Waals surface area contributed by atoms with E-state index in [1.807, 2.05) is 0 Å². The smallest absolute Gasteiger partial charge is 0.339 e. The van der Waals surface area contributed by atoms with Crippen molar-refractivity contribution < 1.29 is 24.0 Å². The molecule has 0 bridgehead atoms. The van der Waals surface area contributed by atoms with Gasteiger partial charge in [-0.3, -0.25) is 10.1 Å². The van der Waals surface area contributed by atoms with E-state index < -0.39 is 22.4 Å². The maximum Gasteiger partial charge on any atom is 0.339 e. The predicted octanol–water partition coefficient (Wildman–Crippen LogP) is 1.80. The second-order valence-electron chi connectivity index (χ2n) is 3.85. The van der Waals surface area contributed by atoms with E-state index in [0.29, 0.717) is 0 Å². The molecular formula is C12H8FN3O5. The first-order chi connectivity index (χ1) is 9.99. The molecule has 0 saturated carbocycles. The molecule has 0 atom stereocenters. The van der Waals surface area contributed by atoms with Crippen LogP contribution in [0.5, 0.6) is 5.75 Å². The SMILES string of the molecule is O=C(O)c1cncnc1COc1cc(F)ccc1[N+](=O)[O-]. The number of rotatable bonds is 5. The van der Waals surface area contributed by atoms with Gasteiger partial charge in [0.05, 0.1) is 10.6 Å². The van der Waals surface area contributed by atoms with Crippen LogP contribution in [0.15, 0.2) is 30.7 Å². The number of nitro groups is 1. The number of halogens is 1. The van der Waals surface area contributed by atoms with Crippen molar-refractivity contribution in [1.82, 2.24) is 9.97 Å². The molecule has 0 saturated heterocycles. The molecule has 2 rings (SSSR count). The van der Waals surface area contributed by atoms with Gasteiger partial charge >= 0.3 is 11.7 Å². The van der Waals surface area contributed by atoms with E-state index in [1.54, 1.807) is 0 Å². The van der Waals surface area contributed by atoms with E-state index >= 15 is 0 Å². The highest BCUT2D eigenvalue weighted by Gasteiger charge is 2.18. The fraction of sp³-hybridized carbons (Fsp3) is 0.0833. The summed E-state index contributed by atoms with van der Waals surface area (Å²) < 4.78 is 18.2. The number of carbonyl (C=O) groups is 1. The molecule has 1 aromatic heterocycles. The van der Waals surface area contributed by atoms with E-state index in [-0.39, 0.29) is 23.6 Å². The molecule has 1 aromatic carbocycles. The van der Waals surface area contributed by atoms with Crippen molar-refractivity contribution in [3.8, 4) is 5.75 Å². The lowest BCUT2D eigenvalue weighted by Crippen LogP contribution is -2.09. The number of carboxylic acid groups (broad SMARTS) is 1. The monoisotopic (exact) mass is 293 g/mol. The summed E-state index contributed by atoms with van der Waals surface area (Å²) in [4.78, 5) is 28.3. The summed E-state index contributed by atoms with van der Waals surface area (Å²) >= 11 is 0. The Labute approximate surface area is 117 Å². The number of carboxylic acids is 1. The first-order valence-corrected chi connectivity index (χ1v) is 5.58. The van der Waals surface area contributed by atoms with Crippen LogP contribution in [0.1, 0.15) is 16.1 Å². The zero-order valence-corrected chi connectivity index (χ0v) is 10.4. The summed E-state index contributed by atoms with van der Waals surface area (Å²) in [7, 11) is 0. The van der Waals surface area contributed by atoms with Crippen molar-refractivity contribution in [1.29, 1.82) is 0 Å². The lowest BCUT2D eigenvalue weighted by atomic mass is 10.2. The van der Waals surface area contributed by atoms with Crippen LogP contribution in [0, 0.1) is 15.9 Å². The summed E-state index contributed by atoms with van der Waals surface area (Å²) in [5.74, 6) is -2.28. The van der Waals surface area contributed by atoms with E-state index in [1.165, 1.54) is 0 Å². The zero-order chi connectivity index (χ0) is 15.4. The molecule has 0 unspecified atom stereocenters. The molecule has 0 radical (unpaired) electrons. The van der Waals surface area contributed by atoms with E-state index in [0.717, 1.165) is 30.7 Å². The maximum absolute atomic E-state index is 13.1. The van der Waals surface area contributed by atoms with Crippen LogP contribution >= 0.6 is 0 Å². The molecule has 1 N–H and O–H groups in total. The van der Waals surface area contributed by atoms with Crippen molar-refractivity contribution >= 4 is 11.7 Å². The van der Waals surface area contributed by atoms with Crippen LogP contribution in [0.4, 0.5) is 10.1 Å². The second kappa shape index (κ2) is 5.90. The van der Waals surface area contributed by atoms with Gasteiger partial charge in [0.1, 0.15) is 24.3 Å². The Morgan fingerprint density at radius 1 is 1.48 bits per heavy atom. The quantitative estimate of drug-likeness (QED) is 0.660. The number of benzene rings is 1. The molecule has 0 aliphatic heterocycles. The van der Waals surface area contributed by atoms with Gasteiger partial charge in [-0.25, -0.2) is 19.2 Å². The Morgan fingerprint density at radius 3 is 2.90 bits per heavy atom. The summed E-state index contributed by atoms with van der Waals surface area (Å²) in [6.45, 7) is -0.367. The van der Waals surface area contributed by atoms with Gasteiger partial charge in [-0.2, -0.15) is 0 Å². The predicted molar refractivity (Wildman–Crippen MR) is 66.4 cm³/mol. The van der Waals surface area contributed by atoms with E-state index in [9.17, 15) is 19.3 Å². The third-order valence-electron chi connectivity index (χ3n) is 2.51. The number of hydrogen-bond donors (Lipinski definition) is 1. The third kappa shape index (κ3) is 3.26. The second-order valence-corrected chi connectivity index (χ2v) is 3.85. The first kappa shape index (κ1) is 14.3. The van der Waals surface area contributed by atoms with Crippen molar-refractivity contribution in [2.75, 3.05) is 0 Å². The highest BCUT2D eigenvalue weighted by molar-refractivity contribution is 5.88. The third-order valence-corrected chi connectivity index (χ3v) is 2.51. The van der Waals surface area contributed by atoms with Crippen LogP contribution < -0.4 is 4.74 Å². The normalized spacial score (nSPS) is 10.1. The van der Waals surface area contributed by atoms with E-state index in [4.69, 9.17) is 9.84 Å². The number of hydrogen-bond acceptors (Lipinski definition) is 6. The highest BCUT2D eigenvalue weighted by Crippen LogP contribution is 2.28. The molecule has 0 aliphatic rings. The Kier molecular flexibility index (Phi) is 4.02. The van der Waals surface area contributed by atoms with Gasteiger partial charge in [-0.1, -0.05) is 0 Å². The first-order valence-electron chi connectivity index (χ1n) is 5.58. The number of nitrogens with zero attached hydrogens (tertiary/aromatic N) is 3. The fourth-order valence-corrected chi connectivity index (χ4v) is 1.55. The molecule has 1 heterocycles. The van der Waals surface area contributed by atoms with Crippen molar-refractivity contribution in [2.24, 2.45) is 0 Å². The lowest BCUT2D eigenvalue weighted by molar-refractivity contribution is -0.386.